The zero-order valence-electron chi connectivity index (χ0n) is 39.1. The van der Waals surface area contributed by atoms with Crippen molar-refractivity contribution in [2.24, 2.45) is 0 Å². The van der Waals surface area contributed by atoms with Crippen LogP contribution in [0.5, 0.6) is 0 Å². The van der Waals surface area contributed by atoms with Gasteiger partial charge >= 0.3 is 0 Å². The highest BCUT2D eigenvalue weighted by atomic mass is 16.3. The molecule has 7 N–H and O–H groups in total. The highest BCUT2D eigenvalue weighted by Crippen LogP contribution is 2.32. The zero-order valence-corrected chi connectivity index (χ0v) is 39.1. The molecule has 0 radical (unpaired) electrons. The molecular formula is C50H94O7. The molecule has 0 aromatic rings. The quantitative estimate of drug-likeness (QED) is 0.0321. The predicted octanol–water partition coefficient (Wildman–Crippen LogP) is 11.7. The molecule has 0 saturated carbocycles. The molecule has 0 aliphatic carbocycles. The van der Waals surface area contributed by atoms with Gasteiger partial charge in [0.15, 0.2) is 0 Å². The van der Waals surface area contributed by atoms with Gasteiger partial charge in [-0.2, -0.15) is 0 Å². The van der Waals surface area contributed by atoms with Crippen molar-refractivity contribution in [1.29, 1.82) is 0 Å². The SMILES string of the molecule is C=C[C@@](C)(O)CC/C=C(\C)CC/C=C(\C)CCC[C@](C)(O)CCC[C@](C)(O)CCC[C@](C)(O)CCC[C@](C)(O)CCC[C@](C)(O)CCC[C@](C)(O)CCC=C(C)C. The molecule has 7 nitrogen and oxygen atoms in total. The fourth-order valence-corrected chi connectivity index (χ4v) is 7.88. The maximum absolute atomic E-state index is 11.1. The maximum Gasteiger partial charge on any atom is 0.0800 e. The van der Waals surface area contributed by atoms with Crippen molar-refractivity contribution < 1.29 is 35.7 Å². The summed E-state index contributed by atoms with van der Waals surface area (Å²) in [6, 6.07) is 0. The van der Waals surface area contributed by atoms with E-state index < -0.39 is 39.2 Å². The average Bonchev–Trinajstić information content (AvgIpc) is 3.03. The van der Waals surface area contributed by atoms with Gasteiger partial charge in [-0.1, -0.05) is 41.0 Å². The number of hydrogen-bond donors (Lipinski definition) is 7. The lowest BCUT2D eigenvalue weighted by atomic mass is 9.83. The molecule has 7 heteroatoms. The van der Waals surface area contributed by atoms with Crippen molar-refractivity contribution in [1.82, 2.24) is 0 Å². The van der Waals surface area contributed by atoms with Crippen molar-refractivity contribution in [3.63, 3.8) is 0 Å². The fraction of sp³-hybridized carbons (Fsp3) is 0.840. The summed E-state index contributed by atoms with van der Waals surface area (Å²) in [5.74, 6) is 0. The summed E-state index contributed by atoms with van der Waals surface area (Å²) in [4.78, 5) is 0. The number of aliphatic hydroxyl groups is 7. The lowest BCUT2D eigenvalue weighted by molar-refractivity contribution is -0.00729. The minimum atomic E-state index is -0.872. The molecule has 0 heterocycles. The van der Waals surface area contributed by atoms with Crippen molar-refractivity contribution in [3.05, 3.63) is 47.6 Å². The normalized spacial score (nSPS) is 20.2. The van der Waals surface area contributed by atoms with Crippen LogP contribution in [0.4, 0.5) is 0 Å². The molecule has 0 unspecified atom stereocenters. The third-order valence-corrected chi connectivity index (χ3v) is 12.3. The van der Waals surface area contributed by atoms with Gasteiger partial charge in [0.25, 0.3) is 0 Å². The Hall–Kier alpha value is -1.32. The minimum Gasteiger partial charge on any atom is -0.390 e. The Morgan fingerprint density at radius 3 is 0.982 bits per heavy atom. The molecule has 0 amide bonds. The van der Waals surface area contributed by atoms with Crippen LogP contribution in [0.1, 0.15) is 230 Å². The van der Waals surface area contributed by atoms with E-state index in [1.165, 1.54) is 16.7 Å². The third kappa shape index (κ3) is 32.2. The number of rotatable bonds is 34. The van der Waals surface area contributed by atoms with Crippen molar-refractivity contribution in [3.8, 4) is 0 Å². The average molecular weight is 807 g/mol. The lowest BCUT2D eigenvalue weighted by Gasteiger charge is -2.30. The van der Waals surface area contributed by atoms with E-state index in [9.17, 15) is 35.7 Å². The summed E-state index contributed by atoms with van der Waals surface area (Å²) >= 11 is 0. The number of allylic oxidation sites excluding steroid dienone is 6. The van der Waals surface area contributed by atoms with Gasteiger partial charge in [0.05, 0.1) is 39.2 Å². The Labute approximate surface area is 351 Å². The van der Waals surface area contributed by atoms with Crippen LogP contribution < -0.4 is 0 Å². The van der Waals surface area contributed by atoms with Gasteiger partial charge in [-0.05, 0) is 230 Å². The molecule has 0 aliphatic heterocycles. The highest BCUT2D eigenvalue weighted by Gasteiger charge is 2.29. The Bertz CT molecular complexity index is 1190. The van der Waals surface area contributed by atoms with Crippen LogP contribution >= 0.6 is 0 Å². The third-order valence-electron chi connectivity index (χ3n) is 12.3. The smallest absolute Gasteiger partial charge is 0.0800 e. The Morgan fingerprint density at radius 2 is 0.649 bits per heavy atom. The first-order valence-electron chi connectivity index (χ1n) is 22.7. The molecule has 336 valence electrons. The molecule has 0 saturated heterocycles. The van der Waals surface area contributed by atoms with Crippen LogP contribution in [0, 0.1) is 0 Å². The van der Waals surface area contributed by atoms with Crippen LogP contribution in [0.15, 0.2) is 47.6 Å². The van der Waals surface area contributed by atoms with E-state index in [-0.39, 0.29) is 0 Å². The Balaban J connectivity index is 4.38. The van der Waals surface area contributed by atoms with E-state index >= 15 is 0 Å². The van der Waals surface area contributed by atoms with Crippen molar-refractivity contribution in [2.75, 3.05) is 0 Å². The summed E-state index contributed by atoms with van der Waals surface area (Å²) < 4.78 is 0. The van der Waals surface area contributed by atoms with Crippen LogP contribution in [0.3, 0.4) is 0 Å². The van der Waals surface area contributed by atoms with Gasteiger partial charge < -0.3 is 35.7 Å². The monoisotopic (exact) mass is 807 g/mol. The lowest BCUT2D eigenvalue weighted by Crippen LogP contribution is -2.31. The first kappa shape index (κ1) is 55.7. The maximum atomic E-state index is 11.1. The van der Waals surface area contributed by atoms with Crippen LogP contribution in [-0.4, -0.2) is 75.0 Å². The largest absolute Gasteiger partial charge is 0.390 e. The minimum absolute atomic E-state index is 0.576. The first-order chi connectivity index (χ1) is 26.0. The molecule has 0 spiro atoms. The van der Waals surface area contributed by atoms with Crippen molar-refractivity contribution in [2.45, 2.75) is 269 Å². The summed E-state index contributed by atoms with van der Waals surface area (Å²) in [6.45, 7) is 25.1. The highest BCUT2D eigenvalue weighted by molar-refractivity contribution is 5.05. The fourth-order valence-electron chi connectivity index (χ4n) is 7.88. The zero-order chi connectivity index (χ0) is 44.0. The van der Waals surface area contributed by atoms with Gasteiger partial charge in [-0.15, -0.1) is 6.58 Å². The van der Waals surface area contributed by atoms with Crippen molar-refractivity contribution >= 4 is 0 Å². The summed E-state index contributed by atoms with van der Waals surface area (Å²) in [7, 11) is 0. The summed E-state index contributed by atoms with van der Waals surface area (Å²) in [6.07, 6.45) is 25.6. The molecular weight excluding hydrogens is 713 g/mol. The Morgan fingerprint density at radius 1 is 0.368 bits per heavy atom. The van der Waals surface area contributed by atoms with Gasteiger partial charge in [0, 0.05) is 0 Å². The molecule has 0 aromatic heterocycles. The first-order valence-corrected chi connectivity index (χ1v) is 22.7. The summed E-state index contributed by atoms with van der Waals surface area (Å²) in [5, 5.41) is 75.9. The molecule has 0 fully saturated rings. The van der Waals surface area contributed by atoms with E-state index in [0.717, 1.165) is 57.8 Å². The second-order valence-electron chi connectivity index (χ2n) is 20.7. The molecule has 0 rings (SSSR count). The van der Waals surface area contributed by atoms with E-state index in [4.69, 9.17) is 0 Å². The summed E-state index contributed by atoms with van der Waals surface area (Å²) in [5.41, 5.74) is -1.79. The molecule has 0 bridgehead atoms. The van der Waals surface area contributed by atoms with Crippen LogP contribution in [0.2, 0.25) is 0 Å². The topological polar surface area (TPSA) is 142 Å². The van der Waals surface area contributed by atoms with E-state index in [1.54, 1.807) is 13.0 Å². The number of hydrogen-bond acceptors (Lipinski definition) is 7. The Kier molecular flexibility index (Phi) is 25.5. The molecule has 0 aromatic carbocycles. The molecule has 7 atom stereocenters. The van der Waals surface area contributed by atoms with Gasteiger partial charge in [-0.3, -0.25) is 0 Å². The second kappa shape index (κ2) is 26.1. The van der Waals surface area contributed by atoms with Crippen LogP contribution in [0.25, 0.3) is 0 Å². The van der Waals surface area contributed by atoms with E-state index in [2.05, 4.69) is 52.5 Å². The van der Waals surface area contributed by atoms with Gasteiger partial charge in [-0.25, -0.2) is 0 Å². The second-order valence-corrected chi connectivity index (χ2v) is 20.7. The van der Waals surface area contributed by atoms with Gasteiger partial charge in [0.1, 0.15) is 0 Å². The van der Waals surface area contributed by atoms with Gasteiger partial charge in [0.2, 0.25) is 0 Å². The predicted molar refractivity (Wildman–Crippen MR) is 242 cm³/mol. The standard InChI is InChI=1S/C50H94O7/c1-13-44(6,51)28-16-26-42(4)24-14-25-43(5)27-17-30-46(8,53)32-19-34-48(10,55)36-21-38-50(12,57)40-22-39-49(11,56)37-20-35-47(9,54)33-18-31-45(7,52)29-15-23-41(2)3/h13,23,25-26,51-57H,1,14-22,24,27-40H2,2-12H3/b42-26+,43-25+/t44-,45-,46+,47-,48+,49-,50+/m1/s1. The molecule has 0 aliphatic rings. The van der Waals surface area contributed by atoms with E-state index in [1.807, 2.05) is 41.5 Å². The van der Waals surface area contributed by atoms with Crippen LogP contribution in [-0.2, 0) is 0 Å². The van der Waals surface area contributed by atoms with E-state index in [0.29, 0.717) is 96.3 Å². The molecule has 57 heavy (non-hydrogen) atoms.